The maximum absolute atomic E-state index is 15.7. The van der Waals surface area contributed by atoms with Gasteiger partial charge in [0.25, 0.3) is 0 Å². The van der Waals surface area contributed by atoms with Crippen molar-refractivity contribution in [1.82, 2.24) is 0 Å². The molecule has 0 unspecified atom stereocenters. The first-order chi connectivity index (χ1) is 18.2. The number of hydrogen-bond donors (Lipinski definition) is 0. The Morgan fingerprint density at radius 2 is 0.811 bits per heavy atom. The highest BCUT2D eigenvalue weighted by Crippen LogP contribution is 2.42. The van der Waals surface area contributed by atoms with E-state index < -0.39 is 19.6 Å². The number of hydrogen-bond acceptors (Lipinski definition) is 0. The maximum Gasteiger partial charge on any atom is 0.134 e. The van der Waals surface area contributed by atoms with Crippen LogP contribution in [0.4, 0.5) is 8.78 Å². The second-order valence-electron chi connectivity index (χ2n) is 9.26. The highest BCUT2D eigenvalue weighted by atomic mass is 31.1. The Bertz CT molecular complexity index is 1860. The molecule has 0 saturated carbocycles. The molecule has 176 valence electrons. The van der Waals surface area contributed by atoms with Crippen LogP contribution in [0, 0.1) is 11.6 Å². The first kappa shape index (κ1) is 22.1. The van der Waals surface area contributed by atoms with Crippen LogP contribution < -0.4 is 15.9 Å². The van der Waals surface area contributed by atoms with Gasteiger partial charge in [0.05, 0.1) is 0 Å². The van der Waals surface area contributed by atoms with Crippen LogP contribution in [0.5, 0.6) is 0 Å². The zero-order valence-corrected chi connectivity index (χ0v) is 20.7. The topological polar surface area (TPSA) is 0 Å². The molecule has 0 nitrogen and oxygen atoms in total. The molecule has 0 saturated heterocycles. The van der Waals surface area contributed by atoms with Crippen molar-refractivity contribution in [3.63, 3.8) is 0 Å². The van der Waals surface area contributed by atoms with Crippen molar-refractivity contribution in [2.45, 2.75) is 0 Å². The zero-order chi connectivity index (χ0) is 24.9. The molecule has 0 aliphatic carbocycles. The molecule has 0 N–H and O–H groups in total. The van der Waals surface area contributed by atoms with Crippen LogP contribution in [0.1, 0.15) is 0 Å². The largest absolute Gasteiger partial charge is 0.207 e. The summed E-state index contributed by atoms with van der Waals surface area (Å²) in [6.07, 6.45) is 0. The number of benzene rings is 7. The monoisotopic (exact) mass is 498 g/mol. The molecule has 3 heteroatoms. The summed E-state index contributed by atoms with van der Waals surface area (Å²) in [5, 5.41) is 11.7. The molecule has 0 fully saturated rings. The minimum Gasteiger partial charge on any atom is -0.207 e. The normalized spacial score (nSPS) is 11.8. The molecular formula is C34H21F2P. The average Bonchev–Trinajstić information content (AvgIpc) is 2.94. The van der Waals surface area contributed by atoms with E-state index in [1.54, 1.807) is 6.07 Å². The van der Waals surface area contributed by atoms with Gasteiger partial charge in [-0.25, -0.2) is 8.78 Å². The molecular weight excluding hydrogens is 477 g/mol. The summed E-state index contributed by atoms with van der Waals surface area (Å²) >= 11 is 0. The van der Waals surface area contributed by atoms with Gasteiger partial charge in [-0.05, 0) is 85.9 Å². The van der Waals surface area contributed by atoms with Gasteiger partial charge in [0.15, 0.2) is 0 Å². The summed E-state index contributed by atoms with van der Waals surface area (Å²) in [5.41, 5.74) is 0. The maximum atomic E-state index is 15.7. The molecule has 0 atom stereocenters. The zero-order valence-electron chi connectivity index (χ0n) is 19.8. The lowest BCUT2D eigenvalue weighted by Gasteiger charge is -2.25. The van der Waals surface area contributed by atoms with Crippen LogP contribution in [0.15, 0.2) is 127 Å². The van der Waals surface area contributed by atoms with E-state index >= 15 is 4.39 Å². The molecule has 0 aliphatic rings. The Morgan fingerprint density at radius 3 is 1.30 bits per heavy atom. The van der Waals surface area contributed by atoms with E-state index in [0.717, 1.165) is 49.0 Å². The van der Waals surface area contributed by atoms with Gasteiger partial charge in [-0.1, -0.05) is 97.1 Å². The SMILES string of the molecule is Fc1ccc(P(c2cc3ccccc3c3ccccc23)c2cc3ccccc3c3ccccc23)c(F)c1. The third kappa shape index (κ3) is 3.60. The third-order valence-electron chi connectivity index (χ3n) is 7.12. The Morgan fingerprint density at radius 1 is 0.378 bits per heavy atom. The predicted octanol–water partition coefficient (Wildman–Crippen LogP) is 8.34. The molecule has 0 heterocycles. The molecule has 0 spiro atoms. The van der Waals surface area contributed by atoms with E-state index in [0.29, 0.717) is 5.30 Å². The summed E-state index contributed by atoms with van der Waals surface area (Å²) in [7, 11) is -1.37. The Hall–Kier alpha value is -4.13. The molecule has 0 aromatic heterocycles. The number of halogens is 2. The van der Waals surface area contributed by atoms with Crippen LogP contribution in [0.25, 0.3) is 43.1 Å². The molecule has 37 heavy (non-hydrogen) atoms. The van der Waals surface area contributed by atoms with Gasteiger partial charge in [0, 0.05) is 11.4 Å². The predicted molar refractivity (Wildman–Crippen MR) is 155 cm³/mol. The quantitative estimate of drug-likeness (QED) is 0.170. The summed E-state index contributed by atoms with van der Waals surface area (Å²) in [6.45, 7) is 0. The first-order valence-corrected chi connectivity index (χ1v) is 13.6. The lowest BCUT2D eigenvalue weighted by atomic mass is 10.0. The van der Waals surface area contributed by atoms with Crippen molar-refractivity contribution < 1.29 is 8.78 Å². The van der Waals surface area contributed by atoms with Gasteiger partial charge in [-0.3, -0.25) is 0 Å². The van der Waals surface area contributed by atoms with E-state index in [1.165, 1.54) is 16.8 Å². The summed E-state index contributed by atoms with van der Waals surface area (Å²) < 4.78 is 29.8. The summed E-state index contributed by atoms with van der Waals surface area (Å²) in [4.78, 5) is 0. The van der Waals surface area contributed by atoms with Crippen molar-refractivity contribution in [2.75, 3.05) is 0 Å². The van der Waals surface area contributed by atoms with Crippen molar-refractivity contribution in [3.05, 3.63) is 139 Å². The molecule has 7 aromatic carbocycles. The average molecular weight is 499 g/mol. The molecule has 0 radical (unpaired) electrons. The van der Waals surface area contributed by atoms with Crippen LogP contribution in [0.2, 0.25) is 0 Å². The minimum absolute atomic E-state index is 0.513. The Labute approximate surface area is 214 Å². The molecule has 0 bridgehead atoms. The molecule has 7 aromatic rings. The number of fused-ring (bicyclic) bond motifs is 6. The van der Waals surface area contributed by atoms with Gasteiger partial charge in [0.1, 0.15) is 11.6 Å². The minimum atomic E-state index is -1.37. The van der Waals surface area contributed by atoms with Gasteiger partial charge in [-0.2, -0.15) is 0 Å². The molecule has 0 aliphatic heterocycles. The highest BCUT2D eigenvalue weighted by molar-refractivity contribution is 7.80. The highest BCUT2D eigenvalue weighted by Gasteiger charge is 2.25. The van der Waals surface area contributed by atoms with E-state index in [1.807, 2.05) is 48.5 Å². The van der Waals surface area contributed by atoms with E-state index in [-0.39, 0.29) is 0 Å². The summed E-state index contributed by atoms with van der Waals surface area (Å²) in [6, 6.07) is 41.8. The lowest BCUT2D eigenvalue weighted by Crippen LogP contribution is -2.24. The second-order valence-corrected chi connectivity index (χ2v) is 11.4. The van der Waals surface area contributed by atoms with Crippen molar-refractivity contribution in [2.24, 2.45) is 0 Å². The van der Waals surface area contributed by atoms with Crippen LogP contribution in [0.3, 0.4) is 0 Å². The van der Waals surface area contributed by atoms with Gasteiger partial charge < -0.3 is 0 Å². The van der Waals surface area contributed by atoms with Gasteiger partial charge >= 0.3 is 0 Å². The summed E-state index contributed by atoms with van der Waals surface area (Å²) in [5.74, 6) is -1.08. The van der Waals surface area contributed by atoms with Crippen LogP contribution >= 0.6 is 7.92 Å². The molecule has 7 rings (SSSR count). The fourth-order valence-electron chi connectivity index (χ4n) is 5.49. The van der Waals surface area contributed by atoms with Crippen LogP contribution in [-0.4, -0.2) is 0 Å². The fraction of sp³-hybridized carbons (Fsp3) is 0. The van der Waals surface area contributed by atoms with Gasteiger partial charge in [-0.15, -0.1) is 0 Å². The van der Waals surface area contributed by atoms with Crippen LogP contribution in [-0.2, 0) is 0 Å². The van der Waals surface area contributed by atoms with Crippen molar-refractivity contribution >= 4 is 66.9 Å². The first-order valence-electron chi connectivity index (χ1n) is 12.3. The van der Waals surface area contributed by atoms with Crippen molar-refractivity contribution in [1.29, 1.82) is 0 Å². The smallest absolute Gasteiger partial charge is 0.134 e. The fourth-order valence-corrected chi connectivity index (χ4v) is 8.18. The van der Waals surface area contributed by atoms with Gasteiger partial charge in [0.2, 0.25) is 0 Å². The van der Waals surface area contributed by atoms with E-state index in [9.17, 15) is 4.39 Å². The number of rotatable bonds is 3. The van der Waals surface area contributed by atoms with E-state index in [2.05, 4.69) is 60.7 Å². The lowest BCUT2D eigenvalue weighted by molar-refractivity contribution is 0.588. The second kappa shape index (κ2) is 8.76. The molecule has 0 amide bonds. The van der Waals surface area contributed by atoms with E-state index in [4.69, 9.17) is 0 Å². The third-order valence-corrected chi connectivity index (χ3v) is 9.67. The Kier molecular flexibility index (Phi) is 5.23. The standard InChI is InChI=1S/C34H21F2P/c35-24-17-18-32(31(36)21-24)37(33-19-22-9-1-3-11-25(22)27-13-5-7-15-29(27)33)34-20-23-10-2-4-12-26(23)28-14-6-8-16-30(28)34/h1-21H. The Balaban J connectivity index is 1.66. The van der Waals surface area contributed by atoms with Crippen molar-refractivity contribution in [3.8, 4) is 0 Å².